The number of halogens is 5. The molecule has 3 aromatic rings. The molecule has 0 unspecified atom stereocenters. The number of anilines is 1. The van der Waals surface area contributed by atoms with Gasteiger partial charge in [-0.15, -0.1) is 11.8 Å². The summed E-state index contributed by atoms with van der Waals surface area (Å²) < 4.78 is 81.8. The Morgan fingerprint density at radius 3 is 2.33 bits per heavy atom. The molecular formula is C36H43F5N6O3S. The maximum Gasteiger partial charge on any atom is 0.417 e. The highest BCUT2D eigenvalue weighted by Gasteiger charge is 2.42. The van der Waals surface area contributed by atoms with Crippen LogP contribution in [0.15, 0.2) is 34.0 Å². The normalized spacial score (nSPS) is 23.6. The molecule has 4 aliphatic rings. The monoisotopic (exact) mass is 734 g/mol. The Labute approximate surface area is 297 Å². The van der Waals surface area contributed by atoms with E-state index in [4.69, 9.17) is 4.74 Å². The topological polar surface area (TPSA) is 74.2 Å². The third kappa shape index (κ3) is 7.05. The summed E-state index contributed by atoms with van der Waals surface area (Å²) in [4.78, 5) is 40.0. The van der Waals surface area contributed by atoms with E-state index >= 15 is 17.6 Å². The van der Waals surface area contributed by atoms with E-state index in [1.165, 1.54) is 17.4 Å². The van der Waals surface area contributed by atoms with Gasteiger partial charge < -0.3 is 14.5 Å². The van der Waals surface area contributed by atoms with E-state index in [1.807, 2.05) is 13.8 Å². The molecule has 0 N–H and O–H groups in total. The zero-order valence-corrected chi connectivity index (χ0v) is 30.2. The van der Waals surface area contributed by atoms with Crippen LogP contribution in [0.3, 0.4) is 0 Å². The first-order chi connectivity index (χ1) is 24.0. The molecule has 51 heavy (non-hydrogen) atoms. The predicted molar refractivity (Wildman–Crippen MR) is 186 cm³/mol. The average Bonchev–Trinajstić information content (AvgIpc) is 3.89. The fraction of sp³-hybridized carbons (Fsp3) is 0.583. The smallest absolute Gasteiger partial charge is 0.417 e. The van der Waals surface area contributed by atoms with E-state index in [0.29, 0.717) is 18.7 Å². The number of benzene rings is 2. The first-order valence-corrected chi connectivity index (χ1v) is 18.5. The highest BCUT2D eigenvalue weighted by atomic mass is 32.2. The summed E-state index contributed by atoms with van der Waals surface area (Å²) in [5.74, 6) is -1.70. The number of thioether (sulfide) groups is 1. The SMILES string of the molecule is C[C@@H]1CN(c2nc(=O)n3c4c(c(-c5ccc(F)cc5F)c(C(F)(F)F)cc24)SC[C@@H]3CN2CCN(C3CC3)CC2)[C@@H](C)CN1C(=O)OC(C)(C)C. The van der Waals surface area contributed by atoms with Gasteiger partial charge in [-0.3, -0.25) is 14.4 Å². The van der Waals surface area contributed by atoms with Crippen molar-refractivity contribution in [2.24, 2.45) is 0 Å². The van der Waals surface area contributed by atoms with Crippen molar-refractivity contribution in [1.29, 1.82) is 0 Å². The van der Waals surface area contributed by atoms with Crippen molar-refractivity contribution < 1.29 is 31.5 Å². The van der Waals surface area contributed by atoms with Gasteiger partial charge in [0.25, 0.3) is 0 Å². The van der Waals surface area contributed by atoms with Crippen molar-refractivity contribution >= 4 is 34.6 Å². The molecule has 1 aromatic heterocycles. The van der Waals surface area contributed by atoms with E-state index in [9.17, 15) is 14.0 Å². The van der Waals surface area contributed by atoms with Crippen molar-refractivity contribution in [1.82, 2.24) is 24.3 Å². The number of nitrogens with zero attached hydrogens (tertiary/aromatic N) is 6. The molecule has 2 aromatic carbocycles. The molecule has 0 radical (unpaired) electrons. The van der Waals surface area contributed by atoms with Gasteiger partial charge in [-0.1, -0.05) is 0 Å². The van der Waals surface area contributed by atoms with Crippen molar-refractivity contribution in [2.45, 2.75) is 88.3 Å². The Morgan fingerprint density at radius 2 is 1.71 bits per heavy atom. The van der Waals surface area contributed by atoms with E-state index in [1.54, 1.807) is 30.6 Å². The highest BCUT2D eigenvalue weighted by molar-refractivity contribution is 7.99. The van der Waals surface area contributed by atoms with Crippen LogP contribution in [0.4, 0.5) is 32.6 Å². The van der Waals surface area contributed by atoms with Crippen LogP contribution < -0.4 is 10.6 Å². The van der Waals surface area contributed by atoms with Crippen LogP contribution in [0, 0.1) is 11.6 Å². The van der Waals surface area contributed by atoms with Crippen LogP contribution in [-0.4, -0.2) is 106 Å². The summed E-state index contributed by atoms with van der Waals surface area (Å²) in [6.07, 6.45) is -3.00. The predicted octanol–water partition coefficient (Wildman–Crippen LogP) is 6.62. The highest BCUT2D eigenvalue weighted by Crippen LogP contribution is 2.50. The molecular weight excluding hydrogens is 691 g/mol. The number of amides is 1. The summed E-state index contributed by atoms with van der Waals surface area (Å²) in [6, 6.07) is 2.86. The number of aromatic nitrogens is 2. The summed E-state index contributed by atoms with van der Waals surface area (Å²) in [6.45, 7) is 13.3. The zero-order valence-electron chi connectivity index (χ0n) is 29.4. The van der Waals surface area contributed by atoms with Crippen LogP contribution >= 0.6 is 11.8 Å². The Morgan fingerprint density at radius 1 is 1.00 bits per heavy atom. The van der Waals surface area contributed by atoms with Gasteiger partial charge in [-0.05, 0) is 65.7 Å². The molecule has 3 fully saturated rings. The lowest BCUT2D eigenvalue weighted by Gasteiger charge is -2.45. The molecule has 2 saturated heterocycles. The largest absolute Gasteiger partial charge is 0.444 e. The third-order valence-electron chi connectivity index (χ3n) is 10.3. The van der Waals surface area contributed by atoms with Gasteiger partial charge in [-0.2, -0.15) is 18.2 Å². The molecule has 1 amide bonds. The van der Waals surface area contributed by atoms with Crippen molar-refractivity contribution in [3.05, 3.63) is 51.9 Å². The van der Waals surface area contributed by atoms with Crippen LogP contribution in [0.2, 0.25) is 0 Å². The maximum absolute atomic E-state index is 15.4. The lowest BCUT2D eigenvalue weighted by molar-refractivity contribution is -0.137. The van der Waals surface area contributed by atoms with E-state index in [2.05, 4.69) is 14.8 Å². The molecule has 15 heteroatoms. The quantitative estimate of drug-likeness (QED) is 0.271. The lowest BCUT2D eigenvalue weighted by Crippen LogP contribution is -2.59. The standard InChI is InChI=1S/C36H43F5N6O3S/c1-20-17-46(34(49)50-35(3,4)5)21(2)16-45(20)32-26-15-27(36(39,40)41)29(25-9-6-22(37)14-28(25)38)31-30(26)47(33(48)42-32)24(19-51-31)18-43-10-12-44(13-11-43)23-7-8-23/h6,9,14-15,20-21,23-24H,7-8,10-13,16-19H2,1-5H3/t20-,21+,24-/m0/s1. The van der Waals surface area contributed by atoms with Gasteiger partial charge in [0.15, 0.2) is 0 Å². The van der Waals surface area contributed by atoms with Crippen molar-refractivity contribution in [2.75, 3.05) is 56.5 Å². The third-order valence-corrected chi connectivity index (χ3v) is 11.5. The first kappa shape index (κ1) is 36.0. The van der Waals surface area contributed by atoms with Crippen molar-refractivity contribution in [3.63, 3.8) is 0 Å². The van der Waals surface area contributed by atoms with E-state index in [-0.39, 0.29) is 40.5 Å². The second-order valence-corrected chi connectivity index (χ2v) is 16.3. The zero-order chi connectivity index (χ0) is 36.6. The second kappa shape index (κ2) is 13.2. The number of ether oxygens (including phenoxy) is 1. The lowest BCUT2D eigenvalue weighted by atomic mass is 9.95. The molecule has 9 nitrogen and oxygen atoms in total. The number of hydrogen-bond donors (Lipinski definition) is 0. The fourth-order valence-electron chi connectivity index (χ4n) is 7.67. The van der Waals surface area contributed by atoms with Crippen molar-refractivity contribution in [3.8, 4) is 11.1 Å². The Balaban J connectivity index is 1.36. The van der Waals surface area contributed by atoms with Gasteiger partial charge in [0.2, 0.25) is 0 Å². The minimum absolute atomic E-state index is 0.0756. The van der Waals surface area contributed by atoms with Crippen LogP contribution in [0.25, 0.3) is 22.0 Å². The van der Waals surface area contributed by atoms with Gasteiger partial charge in [0, 0.05) is 97.2 Å². The van der Waals surface area contributed by atoms with Gasteiger partial charge in [0.05, 0.1) is 17.1 Å². The minimum atomic E-state index is -4.92. The van der Waals surface area contributed by atoms with E-state index in [0.717, 1.165) is 56.1 Å². The summed E-state index contributed by atoms with van der Waals surface area (Å²) >= 11 is 1.16. The molecule has 4 heterocycles. The first-order valence-electron chi connectivity index (χ1n) is 17.5. The molecule has 276 valence electrons. The minimum Gasteiger partial charge on any atom is -0.444 e. The molecule has 7 rings (SSSR count). The molecule has 3 atom stereocenters. The van der Waals surface area contributed by atoms with E-state index < -0.39 is 70.0 Å². The Bertz CT molecular complexity index is 1900. The summed E-state index contributed by atoms with van der Waals surface area (Å²) in [5, 5.41) is 0.115. The Kier molecular flexibility index (Phi) is 9.31. The number of carbonyl (C=O) groups excluding carboxylic acids is 1. The van der Waals surface area contributed by atoms with Crippen LogP contribution in [-0.2, 0) is 10.9 Å². The number of alkyl halides is 3. The molecule has 1 saturated carbocycles. The van der Waals surface area contributed by atoms with Crippen LogP contribution in [0.1, 0.15) is 59.1 Å². The summed E-state index contributed by atoms with van der Waals surface area (Å²) in [5.41, 5.74) is -3.00. The van der Waals surface area contributed by atoms with Crippen LogP contribution in [0.5, 0.6) is 0 Å². The molecule has 0 bridgehead atoms. The average molecular weight is 735 g/mol. The second-order valence-electron chi connectivity index (χ2n) is 15.3. The van der Waals surface area contributed by atoms with Gasteiger partial charge in [-0.25, -0.2) is 18.4 Å². The Hall–Kier alpha value is -3.43. The number of hydrogen-bond acceptors (Lipinski definition) is 8. The van der Waals surface area contributed by atoms with Gasteiger partial charge in [0.1, 0.15) is 23.1 Å². The molecule has 1 aliphatic carbocycles. The number of piperazine rings is 2. The number of carbonyl (C=O) groups is 1. The van der Waals surface area contributed by atoms with Gasteiger partial charge >= 0.3 is 18.0 Å². The maximum atomic E-state index is 15.4. The molecule has 0 spiro atoms. The summed E-state index contributed by atoms with van der Waals surface area (Å²) in [7, 11) is 0. The fourth-order valence-corrected chi connectivity index (χ4v) is 9.00. The molecule has 3 aliphatic heterocycles. The number of rotatable bonds is 5.